The molecule has 1 aliphatic rings. The first-order valence-electron chi connectivity index (χ1n) is 13.4. The van der Waals surface area contributed by atoms with Crippen LogP contribution in [0, 0.1) is 5.82 Å². The lowest BCUT2D eigenvalue weighted by atomic mass is 10.1. The number of unbranched alkanes of at least 4 members (excludes halogenated alkanes) is 1. The molecule has 4 rings (SSSR count). The lowest BCUT2D eigenvalue weighted by Crippen LogP contribution is -2.46. The standard InChI is InChI=1S/C31H37FN4O2/c1-3-23(2)9-8-12-27-26(11-5-7-14-31(37)38)34-29-21-24(15-16-28(29)33-27)22-35-17-19-36(20-18-35)30-13-6-4-10-25(30)32/h3-4,6,8-10,13,15-16,21H,5,7,11-12,14,17-20,22H2,1-2H3,(H,37,38)/b9-8-,23-3-. The highest BCUT2D eigenvalue weighted by Crippen LogP contribution is 2.22. The van der Waals surface area contributed by atoms with Gasteiger partial charge in [0.15, 0.2) is 0 Å². The van der Waals surface area contributed by atoms with E-state index >= 15 is 0 Å². The third kappa shape index (κ3) is 7.48. The summed E-state index contributed by atoms with van der Waals surface area (Å²) in [4.78, 5) is 25.4. The quantitative estimate of drug-likeness (QED) is 0.251. The molecule has 2 heterocycles. The minimum absolute atomic E-state index is 0.167. The molecule has 1 N–H and O–H groups in total. The van der Waals surface area contributed by atoms with E-state index in [4.69, 9.17) is 15.1 Å². The van der Waals surface area contributed by atoms with Crippen molar-refractivity contribution in [2.24, 2.45) is 0 Å². The molecule has 1 aromatic heterocycles. The van der Waals surface area contributed by atoms with E-state index in [1.165, 1.54) is 17.2 Å². The number of benzene rings is 2. The van der Waals surface area contributed by atoms with Crippen molar-refractivity contribution in [1.29, 1.82) is 0 Å². The van der Waals surface area contributed by atoms with Crippen molar-refractivity contribution < 1.29 is 14.3 Å². The van der Waals surface area contributed by atoms with Crippen LogP contribution >= 0.6 is 0 Å². The first-order valence-corrected chi connectivity index (χ1v) is 13.4. The maximum absolute atomic E-state index is 14.2. The first kappa shape index (κ1) is 27.5. The molecule has 0 saturated carbocycles. The Kier molecular flexibility index (Phi) is 9.60. The topological polar surface area (TPSA) is 69.6 Å². The number of rotatable bonds is 11. The molecule has 7 heteroatoms. The molecular formula is C31H37FN4O2. The van der Waals surface area contributed by atoms with Crippen molar-refractivity contribution in [3.05, 3.63) is 89.0 Å². The second-order valence-electron chi connectivity index (χ2n) is 9.89. The van der Waals surface area contributed by atoms with E-state index in [0.717, 1.165) is 61.6 Å². The van der Waals surface area contributed by atoms with Gasteiger partial charge in [-0.25, -0.2) is 14.4 Å². The summed E-state index contributed by atoms with van der Waals surface area (Å²) < 4.78 is 14.2. The molecule has 38 heavy (non-hydrogen) atoms. The van der Waals surface area contributed by atoms with Gasteiger partial charge in [-0.2, -0.15) is 0 Å². The van der Waals surface area contributed by atoms with Crippen LogP contribution < -0.4 is 4.90 Å². The molecule has 0 bridgehead atoms. The van der Waals surface area contributed by atoms with E-state index in [2.05, 4.69) is 47.1 Å². The second-order valence-corrected chi connectivity index (χ2v) is 9.89. The van der Waals surface area contributed by atoms with Gasteiger partial charge in [-0.1, -0.05) is 42.0 Å². The number of aromatic nitrogens is 2. The highest BCUT2D eigenvalue weighted by atomic mass is 19.1. The summed E-state index contributed by atoms with van der Waals surface area (Å²) in [6.45, 7) is 8.20. The molecule has 0 spiro atoms. The Labute approximate surface area is 224 Å². The molecule has 1 saturated heterocycles. The van der Waals surface area contributed by atoms with E-state index in [1.54, 1.807) is 6.07 Å². The van der Waals surface area contributed by atoms with Crippen molar-refractivity contribution in [2.45, 2.75) is 52.5 Å². The van der Waals surface area contributed by atoms with Crippen LogP contribution in [0.2, 0.25) is 0 Å². The fraction of sp³-hybridized carbons (Fsp3) is 0.387. The van der Waals surface area contributed by atoms with Crippen LogP contribution in [0.25, 0.3) is 11.0 Å². The van der Waals surface area contributed by atoms with Crippen LogP contribution in [0.5, 0.6) is 0 Å². The SMILES string of the molecule is C/C=C(C)\C=C/Cc1nc2ccc(CN3CCN(c4ccccc4F)CC3)cc2nc1CCCCC(=O)O. The third-order valence-electron chi connectivity index (χ3n) is 7.06. The fourth-order valence-corrected chi connectivity index (χ4v) is 4.77. The minimum Gasteiger partial charge on any atom is -0.481 e. The number of aryl methyl sites for hydroxylation is 1. The molecule has 3 aromatic rings. The third-order valence-corrected chi connectivity index (χ3v) is 7.06. The number of fused-ring (bicyclic) bond motifs is 1. The Morgan fingerprint density at radius 2 is 1.79 bits per heavy atom. The largest absolute Gasteiger partial charge is 0.481 e. The minimum atomic E-state index is -0.765. The Hall–Kier alpha value is -3.58. The number of carbonyl (C=O) groups is 1. The Morgan fingerprint density at radius 3 is 2.53 bits per heavy atom. The van der Waals surface area contributed by atoms with Crippen LogP contribution in [0.1, 0.15) is 50.1 Å². The summed E-state index contributed by atoms with van der Waals surface area (Å²) in [6, 6.07) is 13.3. The molecule has 0 radical (unpaired) electrons. The lowest BCUT2D eigenvalue weighted by Gasteiger charge is -2.36. The normalized spacial score (nSPS) is 15.0. The summed E-state index contributed by atoms with van der Waals surface area (Å²) in [7, 11) is 0. The molecule has 200 valence electrons. The van der Waals surface area contributed by atoms with E-state index < -0.39 is 5.97 Å². The zero-order chi connectivity index (χ0) is 26.9. The predicted octanol–water partition coefficient (Wildman–Crippen LogP) is 5.95. The van der Waals surface area contributed by atoms with Crippen molar-refractivity contribution in [1.82, 2.24) is 14.9 Å². The maximum atomic E-state index is 14.2. The molecule has 6 nitrogen and oxygen atoms in total. The van der Waals surface area contributed by atoms with Crippen molar-refractivity contribution in [3.63, 3.8) is 0 Å². The van der Waals surface area contributed by atoms with Gasteiger partial charge in [-0.3, -0.25) is 9.69 Å². The monoisotopic (exact) mass is 516 g/mol. The van der Waals surface area contributed by atoms with Crippen LogP contribution in [0.3, 0.4) is 0 Å². The number of halogens is 1. The number of hydrogen-bond acceptors (Lipinski definition) is 5. The molecule has 0 atom stereocenters. The summed E-state index contributed by atoms with van der Waals surface area (Å²) in [6.07, 6.45) is 9.24. The number of nitrogens with zero attached hydrogens (tertiary/aromatic N) is 4. The van der Waals surface area contributed by atoms with Gasteiger partial charge in [0.1, 0.15) is 5.82 Å². The van der Waals surface area contributed by atoms with Crippen molar-refractivity contribution in [3.8, 4) is 0 Å². The zero-order valence-corrected chi connectivity index (χ0v) is 22.4. The second kappa shape index (κ2) is 13.3. The van der Waals surface area contributed by atoms with Crippen LogP contribution in [0.4, 0.5) is 10.1 Å². The van der Waals surface area contributed by atoms with Gasteiger partial charge in [0.05, 0.1) is 28.1 Å². The summed E-state index contributed by atoms with van der Waals surface area (Å²) >= 11 is 0. The number of carboxylic acid groups (broad SMARTS) is 1. The molecule has 0 aliphatic carbocycles. The maximum Gasteiger partial charge on any atom is 0.303 e. The molecule has 0 amide bonds. The molecule has 1 aliphatic heterocycles. The number of carboxylic acids is 1. The average molecular weight is 517 g/mol. The number of hydrogen-bond donors (Lipinski definition) is 1. The number of piperazine rings is 1. The van der Waals surface area contributed by atoms with Gasteiger partial charge in [-0.05, 0) is 62.9 Å². The number of anilines is 1. The first-order chi connectivity index (χ1) is 18.4. The van der Waals surface area contributed by atoms with Crippen LogP contribution in [-0.4, -0.2) is 52.1 Å². The van der Waals surface area contributed by atoms with Gasteiger partial charge >= 0.3 is 5.97 Å². The Morgan fingerprint density at radius 1 is 1.03 bits per heavy atom. The summed E-state index contributed by atoms with van der Waals surface area (Å²) in [5.41, 5.74) is 6.69. The Bertz CT molecular complexity index is 1310. The van der Waals surface area contributed by atoms with Crippen LogP contribution in [-0.2, 0) is 24.2 Å². The average Bonchev–Trinajstić information content (AvgIpc) is 2.91. The zero-order valence-electron chi connectivity index (χ0n) is 22.4. The van der Waals surface area contributed by atoms with Gasteiger partial charge in [-0.15, -0.1) is 0 Å². The van der Waals surface area contributed by atoms with Gasteiger partial charge in [0.25, 0.3) is 0 Å². The van der Waals surface area contributed by atoms with Crippen LogP contribution in [0.15, 0.2) is 66.3 Å². The lowest BCUT2D eigenvalue weighted by molar-refractivity contribution is -0.137. The van der Waals surface area contributed by atoms with Gasteiger partial charge in [0.2, 0.25) is 0 Å². The highest BCUT2D eigenvalue weighted by Gasteiger charge is 2.19. The highest BCUT2D eigenvalue weighted by molar-refractivity contribution is 5.75. The summed E-state index contributed by atoms with van der Waals surface area (Å²) in [5.74, 6) is -0.932. The molecule has 1 fully saturated rings. The molecular weight excluding hydrogens is 479 g/mol. The smallest absolute Gasteiger partial charge is 0.303 e. The molecule has 2 aromatic carbocycles. The van der Waals surface area contributed by atoms with E-state index in [9.17, 15) is 9.18 Å². The van der Waals surface area contributed by atoms with E-state index in [1.807, 2.05) is 25.1 Å². The van der Waals surface area contributed by atoms with Gasteiger partial charge in [0, 0.05) is 45.6 Å². The fourth-order valence-electron chi connectivity index (χ4n) is 4.77. The van der Waals surface area contributed by atoms with Gasteiger partial charge < -0.3 is 10.0 Å². The summed E-state index contributed by atoms with van der Waals surface area (Å²) in [5, 5.41) is 8.98. The number of para-hydroxylation sites is 1. The molecule has 0 unspecified atom stereocenters. The Balaban J connectivity index is 1.46. The van der Waals surface area contributed by atoms with Crippen molar-refractivity contribution >= 4 is 22.7 Å². The van der Waals surface area contributed by atoms with Crippen molar-refractivity contribution in [2.75, 3.05) is 31.1 Å². The van der Waals surface area contributed by atoms with E-state index in [-0.39, 0.29) is 12.2 Å². The number of allylic oxidation sites excluding steroid dienone is 4. The van der Waals surface area contributed by atoms with E-state index in [0.29, 0.717) is 24.9 Å². The number of aliphatic carboxylic acids is 1. The predicted molar refractivity (Wildman–Crippen MR) is 151 cm³/mol.